The van der Waals surface area contributed by atoms with Crippen LogP contribution in [0.25, 0.3) is 0 Å². The van der Waals surface area contributed by atoms with Gasteiger partial charge >= 0.3 is 11.9 Å². The number of carbonyl (C=O) groups excluding carboxylic acids is 2. The van der Waals surface area contributed by atoms with Crippen molar-refractivity contribution in [1.29, 1.82) is 0 Å². The monoisotopic (exact) mass is 496 g/mol. The Morgan fingerprint density at radius 1 is 0.556 bits per heavy atom. The maximum Gasteiger partial charge on any atom is 0.338 e. The third-order valence-corrected chi connectivity index (χ3v) is 7.16. The average molecular weight is 497 g/mol. The Morgan fingerprint density at radius 3 is 1.28 bits per heavy atom. The lowest BCUT2D eigenvalue weighted by molar-refractivity contribution is -0.306. The van der Waals surface area contributed by atoms with Crippen LogP contribution in [0.5, 0.6) is 0 Å². The van der Waals surface area contributed by atoms with E-state index >= 15 is 0 Å². The number of benzene rings is 2. The van der Waals surface area contributed by atoms with Gasteiger partial charge in [0.1, 0.15) is 13.2 Å². The quantitative estimate of drug-likeness (QED) is 0.502. The molecule has 2 aromatic carbocycles. The zero-order chi connectivity index (χ0) is 25.6. The first-order chi connectivity index (χ1) is 17.0. The van der Waals surface area contributed by atoms with Gasteiger partial charge < -0.3 is 28.4 Å². The van der Waals surface area contributed by atoms with E-state index in [4.69, 9.17) is 28.4 Å². The van der Waals surface area contributed by atoms with Crippen LogP contribution in [0.15, 0.2) is 48.5 Å². The number of hydrogen-bond acceptors (Lipinski definition) is 8. The second-order valence-electron chi connectivity index (χ2n) is 11.0. The molecule has 36 heavy (non-hydrogen) atoms. The highest BCUT2D eigenvalue weighted by Gasteiger charge is 2.44. The lowest BCUT2D eigenvalue weighted by atomic mass is 9.91. The van der Waals surface area contributed by atoms with Crippen molar-refractivity contribution in [2.24, 2.45) is 10.8 Å². The molecule has 2 fully saturated rings. The van der Waals surface area contributed by atoms with E-state index < -0.39 is 34.3 Å². The number of carbonyl (C=O) groups is 2. The predicted molar refractivity (Wildman–Crippen MR) is 128 cm³/mol. The molecule has 6 aliphatic rings. The molecule has 8 bridgehead atoms. The fraction of sp³-hybridized carbons (Fsp3) is 0.500. The van der Waals surface area contributed by atoms with Crippen LogP contribution in [0.4, 0.5) is 0 Å². The Kier molecular flexibility index (Phi) is 6.19. The summed E-state index contributed by atoms with van der Waals surface area (Å²) >= 11 is 0. The van der Waals surface area contributed by atoms with Gasteiger partial charge in [0, 0.05) is 22.0 Å². The lowest BCUT2D eigenvalue weighted by Gasteiger charge is -2.44. The zero-order valence-corrected chi connectivity index (χ0v) is 21.1. The molecule has 2 aromatic rings. The number of rotatable bonds is 0. The zero-order valence-electron chi connectivity index (χ0n) is 21.1. The van der Waals surface area contributed by atoms with Crippen molar-refractivity contribution in [1.82, 2.24) is 0 Å². The van der Waals surface area contributed by atoms with Crippen molar-refractivity contribution < 1.29 is 38.0 Å². The van der Waals surface area contributed by atoms with Crippen molar-refractivity contribution in [2.45, 2.75) is 39.3 Å². The molecule has 0 unspecified atom stereocenters. The van der Waals surface area contributed by atoms with Gasteiger partial charge in [-0.3, -0.25) is 0 Å². The lowest BCUT2D eigenvalue weighted by Crippen LogP contribution is -2.48. The summed E-state index contributed by atoms with van der Waals surface area (Å²) in [7, 11) is 0. The van der Waals surface area contributed by atoms with Crippen LogP contribution in [0.2, 0.25) is 0 Å². The van der Waals surface area contributed by atoms with Gasteiger partial charge in [0.25, 0.3) is 0 Å². The van der Waals surface area contributed by atoms with Crippen molar-refractivity contribution in [3.63, 3.8) is 0 Å². The molecule has 0 atom stereocenters. The molecule has 0 aromatic heterocycles. The highest BCUT2D eigenvalue weighted by Crippen LogP contribution is 2.40. The van der Waals surface area contributed by atoms with Crippen molar-refractivity contribution in [3.8, 4) is 0 Å². The summed E-state index contributed by atoms with van der Waals surface area (Å²) in [5, 5.41) is 0. The highest BCUT2D eigenvalue weighted by molar-refractivity contribution is 5.95. The second kappa shape index (κ2) is 8.95. The third kappa shape index (κ3) is 4.78. The second-order valence-corrected chi connectivity index (χ2v) is 11.0. The Morgan fingerprint density at radius 2 is 0.917 bits per heavy atom. The van der Waals surface area contributed by atoms with Gasteiger partial charge in [0.15, 0.2) is 11.6 Å². The summed E-state index contributed by atoms with van der Waals surface area (Å²) in [4.78, 5) is 25.5. The fourth-order valence-electron chi connectivity index (χ4n) is 4.41. The predicted octanol–water partition coefficient (Wildman–Crippen LogP) is 4.17. The summed E-state index contributed by atoms with van der Waals surface area (Å²) in [6.07, 6.45) is 0. The van der Waals surface area contributed by atoms with Gasteiger partial charge in [-0.05, 0) is 32.0 Å². The van der Waals surface area contributed by atoms with Crippen molar-refractivity contribution in [3.05, 3.63) is 70.8 Å². The molecule has 8 heteroatoms. The molecule has 2 saturated heterocycles. The average Bonchev–Trinajstić information content (AvgIpc) is 2.90. The molecule has 6 heterocycles. The maximum atomic E-state index is 12.8. The van der Waals surface area contributed by atoms with Crippen LogP contribution in [0.1, 0.15) is 59.5 Å². The first-order valence-corrected chi connectivity index (χ1v) is 12.1. The van der Waals surface area contributed by atoms with Gasteiger partial charge in [0.05, 0.1) is 37.6 Å². The van der Waals surface area contributed by atoms with Gasteiger partial charge in [-0.2, -0.15) is 0 Å². The largest absolute Gasteiger partial charge is 0.461 e. The molecule has 6 aliphatic heterocycles. The molecule has 0 aliphatic carbocycles. The van der Waals surface area contributed by atoms with Crippen LogP contribution >= 0.6 is 0 Å². The summed E-state index contributed by atoms with van der Waals surface area (Å²) < 4.78 is 35.8. The molecule has 0 radical (unpaired) electrons. The molecular formula is C28H32O8. The van der Waals surface area contributed by atoms with Crippen molar-refractivity contribution in [2.75, 3.05) is 39.6 Å². The van der Waals surface area contributed by atoms with Gasteiger partial charge in [-0.15, -0.1) is 0 Å². The summed E-state index contributed by atoms with van der Waals surface area (Å²) in [5.74, 6) is -2.91. The van der Waals surface area contributed by atoms with Gasteiger partial charge in [-0.1, -0.05) is 44.2 Å². The Labute approximate surface area is 210 Å². The molecule has 0 spiro atoms. The molecule has 8 rings (SSSR count). The summed E-state index contributed by atoms with van der Waals surface area (Å²) in [6, 6.07) is 14.1. The first kappa shape index (κ1) is 24.9. The fourth-order valence-corrected chi connectivity index (χ4v) is 4.41. The van der Waals surface area contributed by atoms with E-state index in [-0.39, 0.29) is 24.3 Å². The Balaban J connectivity index is 1.44. The topological polar surface area (TPSA) is 89.5 Å². The maximum absolute atomic E-state index is 12.8. The first-order valence-electron chi connectivity index (χ1n) is 12.1. The van der Waals surface area contributed by atoms with E-state index in [9.17, 15) is 9.59 Å². The minimum Gasteiger partial charge on any atom is -0.461 e. The van der Waals surface area contributed by atoms with E-state index in [2.05, 4.69) is 0 Å². The van der Waals surface area contributed by atoms with Gasteiger partial charge in [0.2, 0.25) is 0 Å². The van der Waals surface area contributed by atoms with Crippen LogP contribution in [-0.4, -0.2) is 51.6 Å². The molecule has 0 saturated carbocycles. The molecule has 8 nitrogen and oxygen atoms in total. The minimum atomic E-state index is -0.930. The molecule has 192 valence electrons. The summed E-state index contributed by atoms with van der Waals surface area (Å²) in [5.41, 5.74) is 1.23. The third-order valence-electron chi connectivity index (χ3n) is 7.16. The van der Waals surface area contributed by atoms with Crippen LogP contribution in [-0.2, 0) is 40.0 Å². The van der Waals surface area contributed by atoms with E-state index in [0.29, 0.717) is 26.4 Å². The molecule has 0 amide bonds. The van der Waals surface area contributed by atoms with Crippen LogP contribution in [0.3, 0.4) is 0 Å². The van der Waals surface area contributed by atoms with Crippen molar-refractivity contribution >= 4 is 11.9 Å². The normalized spacial score (nSPS) is 35.1. The Bertz CT molecular complexity index is 1050. The highest BCUT2D eigenvalue weighted by atomic mass is 16.7. The van der Waals surface area contributed by atoms with E-state index in [1.807, 2.05) is 52.0 Å². The smallest absolute Gasteiger partial charge is 0.338 e. The van der Waals surface area contributed by atoms with Crippen LogP contribution < -0.4 is 0 Å². The van der Waals surface area contributed by atoms with E-state index in [1.165, 1.54) is 6.07 Å². The van der Waals surface area contributed by atoms with E-state index in [0.717, 1.165) is 11.1 Å². The molecule has 0 N–H and O–H groups in total. The van der Waals surface area contributed by atoms with E-state index in [1.54, 1.807) is 18.2 Å². The standard InChI is InChI=1S/C28H32O8/c1-25-13-31-23(29)19-6-5-7-20(12-19)24(30)32-14-26(2)17-35-28(4,36-18-26)22-10-8-21(9-11-22)27(3,33-15-25)34-16-25/h5-12H,13-18H2,1-4H3. The number of fused-ring (bicyclic) bond motifs is 3. The Hall–Kier alpha value is -2.78. The van der Waals surface area contributed by atoms with Gasteiger partial charge in [-0.25, -0.2) is 9.59 Å². The SMILES string of the molecule is CC12COC(=O)c3cccc(c3)C(=O)OCC3(C)COC(C)(OC3)c3ccc(cc3)C(C)(OC1)OC2. The minimum absolute atomic E-state index is 0.112. The molecular weight excluding hydrogens is 464 g/mol. The number of esters is 2. The number of ether oxygens (including phenoxy) is 6. The van der Waals surface area contributed by atoms with Crippen LogP contribution in [0, 0.1) is 10.8 Å². The summed E-state index contributed by atoms with van der Waals surface area (Å²) in [6.45, 7) is 9.24. The number of hydrogen-bond donors (Lipinski definition) is 0.